The molecule has 0 fully saturated rings. The second-order valence-corrected chi connectivity index (χ2v) is 11.4. The number of rotatable bonds is 5. The number of hydrogen-bond donors (Lipinski definition) is 1. The van der Waals surface area contributed by atoms with Gasteiger partial charge in [-0.2, -0.15) is 0 Å². The summed E-state index contributed by atoms with van der Waals surface area (Å²) in [6, 6.07) is 18.1. The fourth-order valence-electron chi connectivity index (χ4n) is 4.19. The minimum atomic E-state index is -3.77. The van der Waals surface area contributed by atoms with Gasteiger partial charge in [0, 0.05) is 39.4 Å². The maximum absolute atomic E-state index is 13.2. The van der Waals surface area contributed by atoms with Gasteiger partial charge >= 0.3 is 0 Å². The fraction of sp³-hybridized carbons (Fsp3) is 0.120. The number of benzene rings is 3. The highest BCUT2D eigenvalue weighted by Crippen LogP contribution is 2.35. The standard InChI is InChI=1S/C25H19BrClN3O4S/c26-17-2-8-22-21(13-17)24(31)10-11-29(22)15-25(32)28-19-5-1-16-9-12-30(23(16)14-19)35(33,34)20-6-3-18(27)4-7-20/h1-8,10-11,13-14H,9,12,15H2,(H,28,32). The number of pyridine rings is 1. The molecule has 0 saturated carbocycles. The first-order valence-electron chi connectivity index (χ1n) is 10.7. The molecule has 0 unspecified atom stereocenters. The van der Waals surface area contributed by atoms with Crippen molar-refractivity contribution in [1.29, 1.82) is 0 Å². The van der Waals surface area contributed by atoms with Crippen molar-refractivity contribution in [2.24, 2.45) is 0 Å². The number of carbonyl (C=O) groups excluding carboxylic acids is 1. The zero-order valence-corrected chi connectivity index (χ0v) is 21.4. The van der Waals surface area contributed by atoms with Crippen molar-refractivity contribution >= 4 is 65.7 Å². The van der Waals surface area contributed by atoms with Crippen LogP contribution in [0.4, 0.5) is 11.4 Å². The van der Waals surface area contributed by atoms with Crippen LogP contribution in [0.25, 0.3) is 10.9 Å². The Hall–Kier alpha value is -3.14. The zero-order chi connectivity index (χ0) is 24.7. The van der Waals surface area contributed by atoms with E-state index in [9.17, 15) is 18.0 Å². The van der Waals surface area contributed by atoms with Gasteiger partial charge in [-0.1, -0.05) is 33.6 Å². The number of fused-ring (bicyclic) bond motifs is 2. The van der Waals surface area contributed by atoms with Crippen molar-refractivity contribution in [3.8, 4) is 0 Å². The molecule has 35 heavy (non-hydrogen) atoms. The summed E-state index contributed by atoms with van der Waals surface area (Å²) < 4.78 is 30.3. The van der Waals surface area contributed by atoms with E-state index in [1.165, 1.54) is 22.5 Å². The summed E-state index contributed by atoms with van der Waals surface area (Å²) in [6.45, 7) is 0.304. The summed E-state index contributed by atoms with van der Waals surface area (Å²) in [5, 5.41) is 3.81. The van der Waals surface area contributed by atoms with Crippen molar-refractivity contribution in [2.45, 2.75) is 17.9 Å². The third-order valence-electron chi connectivity index (χ3n) is 5.88. The Morgan fingerprint density at radius 2 is 1.80 bits per heavy atom. The molecular formula is C25H19BrClN3O4S. The van der Waals surface area contributed by atoms with Crippen molar-refractivity contribution in [3.05, 3.63) is 98.2 Å². The molecule has 3 aromatic carbocycles. The summed E-state index contributed by atoms with van der Waals surface area (Å²) in [5.74, 6) is -0.303. The maximum atomic E-state index is 13.2. The summed E-state index contributed by atoms with van der Waals surface area (Å²) in [6.07, 6.45) is 2.16. The average Bonchev–Trinajstić information content (AvgIpc) is 3.25. The molecule has 1 aliphatic heterocycles. The van der Waals surface area contributed by atoms with E-state index < -0.39 is 10.0 Å². The fourth-order valence-corrected chi connectivity index (χ4v) is 6.17. The summed E-state index contributed by atoms with van der Waals surface area (Å²) in [4.78, 5) is 25.2. The molecule has 0 atom stereocenters. The number of nitrogens with zero attached hydrogens (tertiary/aromatic N) is 2. The van der Waals surface area contributed by atoms with Gasteiger partial charge in [-0.15, -0.1) is 0 Å². The Morgan fingerprint density at radius 3 is 2.57 bits per heavy atom. The van der Waals surface area contributed by atoms with E-state index in [0.29, 0.717) is 40.3 Å². The van der Waals surface area contributed by atoms with E-state index >= 15 is 0 Å². The summed E-state index contributed by atoms with van der Waals surface area (Å²) >= 11 is 9.28. The number of nitrogens with one attached hydrogen (secondary N) is 1. The van der Waals surface area contributed by atoms with Gasteiger partial charge in [0.15, 0.2) is 5.43 Å². The second-order valence-electron chi connectivity index (χ2n) is 8.14. The van der Waals surface area contributed by atoms with Crippen molar-refractivity contribution in [3.63, 3.8) is 0 Å². The van der Waals surface area contributed by atoms with Crippen molar-refractivity contribution in [1.82, 2.24) is 4.57 Å². The lowest BCUT2D eigenvalue weighted by atomic mass is 10.1. The quantitative estimate of drug-likeness (QED) is 0.372. The van der Waals surface area contributed by atoms with Crippen LogP contribution in [-0.2, 0) is 27.8 Å². The highest BCUT2D eigenvalue weighted by molar-refractivity contribution is 9.10. The van der Waals surface area contributed by atoms with Gasteiger partial charge in [0.2, 0.25) is 5.91 Å². The van der Waals surface area contributed by atoms with Crippen LogP contribution in [0.1, 0.15) is 5.56 Å². The number of halogens is 2. The smallest absolute Gasteiger partial charge is 0.264 e. The lowest BCUT2D eigenvalue weighted by molar-refractivity contribution is -0.116. The number of anilines is 2. The lowest BCUT2D eigenvalue weighted by Gasteiger charge is -2.20. The van der Waals surface area contributed by atoms with Crippen LogP contribution in [0.15, 0.2) is 87.1 Å². The van der Waals surface area contributed by atoms with Gasteiger partial charge in [0.1, 0.15) is 6.54 Å². The molecule has 10 heteroatoms. The van der Waals surface area contributed by atoms with Crippen LogP contribution in [0.3, 0.4) is 0 Å². The van der Waals surface area contributed by atoms with Crippen molar-refractivity contribution < 1.29 is 13.2 Å². The van der Waals surface area contributed by atoms with Crippen LogP contribution in [-0.4, -0.2) is 25.4 Å². The monoisotopic (exact) mass is 571 g/mol. The van der Waals surface area contributed by atoms with Crippen LogP contribution in [0.5, 0.6) is 0 Å². The summed E-state index contributed by atoms with van der Waals surface area (Å²) in [5.41, 5.74) is 2.43. The van der Waals surface area contributed by atoms with Crippen molar-refractivity contribution in [2.75, 3.05) is 16.2 Å². The van der Waals surface area contributed by atoms with E-state index in [-0.39, 0.29) is 22.8 Å². The Kier molecular flexibility index (Phi) is 6.16. The Labute approximate surface area is 215 Å². The van der Waals surface area contributed by atoms with Gasteiger partial charge in [0.05, 0.1) is 16.1 Å². The minimum absolute atomic E-state index is 0.0116. The molecule has 0 aliphatic carbocycles. The van der Waals surface area contributed by atoms with Crippen LogP contribution < -0.4 is 15.1 Å². The van der Waals surface area contributed by atoms with Gasteiger partial charge < -0.3 is 9.88 Å². The summed E-state index contributed by atoms with van der Waals surface area (Å²) in [7, 11) is -3.77. The molecule has 1 N–H and O–H groups in total. The lowest BCUT2D eigenvalue weighted by Crippen LogP contribution is -2.29. The number of sulfonamides is 1. The van der Waals surface area contributed by atoms with Gasteiger partial charge in [-0.3, -0.25) is 13.9 Å². The number of carbonyl (C=O) groups is 1. The highest BCUT2D eigenvalue weighted by Gasteiger charge is 2.31. The number of amides is 1. The molecule has 0 radical (unpaired) electrons. The maximum Gasteiger partial charge on any atom is 0.264 e. The molecule has 1 amide bonds. The zero-order valence-electron chi connectivity index (χ0n) is 18.2. The molecule has 7 nitrogen and oxygen atoms in total. The molecule has 1 aliphatic rings. The van der Waals surface area contributed by atoms with Gasteiger partial charge in [0.25, 0.3) is 10.0 Å². The molecule has 5 rings (SSSR count). The Bertz CT molecular complexity index is 1640. The first-order chi connectivity index (χ1) is 16.7. The molecule has 178 valence electrons. The normalized spacial score (nSPS) is 13.1. The molecule has 2 heterocycles. The van der Waals surface area contributed by atoms with E-state index in [2.05, 4.69) is 21.2 Å². The number of aromatic nitrogens is 1. The van der Waals surface area contributed by atoms with E-state index in [4.69, 9.17) is 11.6 Å². The number of hydrogen-bond acceptors (Lipinski definition) is 4. The molecule has 4 aromatic rings. The third kappa shape index (κ3) is 4.59. The molecule has 0 spiro atoms. The Balaban J connectivity index is 1.39. The minimum Gasteiger partial charge on any atom is -0.338 e. The third-order valence-corrected chi connectivity index (χ3v) is 8.45. The molecular weight excluding hydrogens is 554 g/mol. The van der Waals surface area contributed by atoms with Crippen LogP contribution in [0, 0.1) is 0 Å². The molecule has 1 aromatic heterocycles. The van der Waals surface area contributed by atoms with Gasteiger partial charge in [-0.05, 0) is 66.6 Å². The van der Waals surface area contributed by atoms with Crippen LogP contribution >= 0.6 is 27.5 Å². The Morgan fingerprint density at radius 1 is 1.03 bits per heavy atom. The molecule has 0 saturated heterocycles. The SMILES string of the molecule is O=C(Cn1ccc(=O)c2cc(Br)ccc21)Nc1ccc2c(c1)N(S(=O)(=O)c1ccc(Cl)cc1)CC2. The molecule has 0 bridgehead atoms. The van der Waals surface area contributed by atoms with E-state index in [0.717, 1.165) is 10.0 Å². The largest absolute Gasteiger partial charge is 0.338 e. The topological polar surface area (TPSA) is 88.5 Å². The highest BCUT2D eigenvalue weighted by atomic mass is 79.9. The first-order valence-corrected chi connectivity index (χ1v) is 13.3. The van der Waals surface area contributed by atoms with Gasteiger partial charge in [-0.25, -0.2) is 8.42 Å². The van der Waals surface area contributed by atoms with Crippen LogP contribution in [0.2, 0.25) is 5.02 Å². The second kappa shape index (κ2) is 9.14. The van der Waals surface area contributed by atoms with E-state index in [1.807, 2.05) is 12.1 Å². The average molecular weight is 573 g/mol. The first kappa shape index (κ1) is 23.6. The predicted octanol–water partition coefficient (Wildman–Crippen LogP) is 4.81. The predicted molar refractivity (Wildman–Crippen MR) is 141 cm³/mol. The van der Waals surface area contributed by atoms with E-state index in [1.54, 1.807) is 47.2 Å².